The molecule has 2 atom stereocenters. The molecule has 0 saturated heterocycles. The first-order valence-electron chi connectivity index (χ1n) is 7.08. The van der Waals surface area contributed by atoms with Crippen LogP contribution in [0.15, 0.2) is 12.3 Å². The molecule has 1 aliphatic rings. The maximum absolute atomic E-state index is 12.3. The second-order valence-electron chi connectivity index (χ2n) is 4.89. The Morgan fingerprint density at radius 2 is 2.11 bits per heavy atom. The van der Waals surface area contributed by atoms with Gasteiger partial charge in [0.15, 0.2) is 5.78 Å². The van der Waals surface area contributed by atoms with Gasteiger partial charge in [0.1, 0.15) is 5.41 Å². The van der Waals surface area contributed by atoms with Gasteiger partial charge in [0.05, 0.1) is 19.5 Å². The molecule has 1 fully saturated rings. The minimum atomic E-state index is -1.01. The number of carbonyl (C=O) groups excluding carboxylic acids is 2. The number of allylic oxidation sites excluding steroid dienone is 1. The summed E-state index contributed by atoms with van der Waals surface area (Å²) in [5.41, 5.74) is -1.01. The lowest BCUT2D eigenvalue weighted by molar-refractivity contribution is -0.165. The van der Waals surface area contributed by atoms with E-state index < -0.39 is 5.41 Å². The fraction of sp³-hybridized carbons (Fsp3) is 0.733. The van der Waals surface area contributed by atoms with Crippen LogP contribution in [0.4, 0.5) is 0 Å². The van der Waals surface area contributed by atoms with Gasteiger partial charge in [0.2, 0.25) is 0 Å². The summed E-state index contributed by atoms with van der Waals surface area (Å²) in [6, 6.07) is 0. The van der Waals surface area contributed by atoms with Gasteiger partial charge in [0.25, 0.3) is 0 Å². The van der Waals surface area contributed by atoms with Crippen molar-refractivity contribution in [3.05, 3.63) is 12.3 Å². The zero-order chi connectivity index (χ0) is 14.3. The van der Waals surface area contributed by atoms with E-state index in [2.05, 4.69) is 0 Å². The third-order valence-electron chi connectivity index (χ3n) is 3.77. The maximum Gasteiger partial charge on any atom is 0.320 e. The van der Waals surface area contributed by atoms with Crippen molar-refractivity contribution in [3.8, 4) is 0 Å². The van der Waals surface area contributed by atoms with Crippen LogP contribution in [0, 0.1) is 11.3 Å². The Kier molecular flexibility index (Phi) is 6.06. The summed E-state index contributed by atoms with van der Waals surface area (Å²) in [6.45, 7) is 6.41. The van der Waals surface area contributed by atoms with Crippen LogP contribution in [-0.4, -0.2) is 25.0 Å². The van der Waals surface area contributed by atoms with Crippen LogP contribution in [0.2, 0.25) is 0 Å². The van der Waals surface area contributed by atoms with E-state index in [0.29, 0.717) is 26.1 Å². The molecule has 4 nitrogen and oxygen atoms in total. The molecule has 0 heterocycles. The van der Waals surface area contributed by atoms with E-state index in [9.17, 15) is 9.59 Å². The molecule has 0 unspecified atom stereocenters. The standard InChI is InChI=1S/C15H24O4/c1-4-18-11-9-12(3)15(14(17)19-5-2)10-7-6-8-13(15)16/h9,11-12H,4-8,10H2,1-3H3/b11-9-/t12-,15+/m0/s1. The van der Waals surface area contributed by atoms with Crippen molar-refractivity contribution in [1.29, 1.82) is 0 Å². The number of ether oxygens (including phenoxy) is 2. The molecule has 0 N–H and O–H groups in total. The largest absolute Gasteiger partial charge is 0.502 e. The van der Waals surface area contributed by atoms with Crippen LogP contribution in [0.1, 0.15) is 46.5 Å². The Hall–Kier alpha value is -1.32. The fourth-order valence-corrected chi connectivity index (χ4v) is 2.63. The summed E-state index contributed by atoms with van der Waals surface area (Å²) in [6.07, 6.45) is 6.16. The van der Waals surface area contributed by atoms with Crippen molar-refractivity contribution >= 4 is 11.8 Å². The molecule has 1 aliphatic carbocycles. The van der Waals surface area contributed by atoms with E-state index in [1.807, 2.05) is 13.8 Å². The summed E-state index contributed by atoms with van der Waals surface area (Å²) in [7, 11) is 0. The Labute approximate surface area is 115 Å². The highest BCUT2D eigenvalue weighted by Crippen LogP contribution is 2.41. The molecular weight excluding hydrogens is 244 g/mol. The number of Topliss-reactive ketones (excluding diaryl/α,β-unsaturated/α-hetero) is 1. The highest BCUT2D eigenvalue weighted by molar-refractivity contribution is 6.04. The molecule has 0 bridgehead atoms. The lowest BCUT2D eigenvalue weighted by Crippen LogP contribution is -2.47. The quantitative estimate of drug-likeness (QED) is 0.422. The molecule has 0 aliphatic heterocycles. The topological polar surface area (TPSA) is 52.6 Å². The number of carbonyl (C=O) groups is 2. The van der Waals surface area contributed by atoms with Crippen LogP contribution in [0.25, 0.3) is 0 Å². The number of ketones is 1. The molecule has 108 valence electrons. The summed E-state index contributed by atoms with van der Waals surface area (Å²) in [4.78, 5) is 24.6. The van der Waals surface area contributed by atoms with E-state index in [-0.39, 0.29) is 17.7 Å². The highest BCUT2D eigenvalue weighted by atomic mass is 16.5. The smallest absolute Gasteiger partial charge is 0.320 e. The van der Waals surface area contributed by atoms with Gasteiger partial charge in [-0.05, 0) is 32.8 Å². The third-order valence-corrected chi connectivity index (χ3v) is 3.77. The summed E-state index contributed by atoms with van der Waals surface area (Å²) in [5, 5.41) is 0. The zero-order valence-corrected chi connectivity index (χ0v) is 12.1. The molecule has 4 heteroatoms. The van der Waals surface area contributed by atoms with Crippen molar-refractivity contribution in [1.82, 2.24) is 0 Å². The van der Waals surface area contributed by atoms with Gasteiger partial charge in [-0.1, -0.05) is 13.3 Å². The number of hydrogen-bond donors (Lipinski definition) is 0. The number of esters is 1. The average Bonchev–Trinajstić information content (AvgIpc) is 2.39. The first-order chi connectivity index (χ1) is 9.09. The monoisotopic (exact) mass is 268 g/mol. The minimum absolute atomic E-state index is 0.00542. The second kappa shape index (κ2) is 7.31. The van der Waals surface area contributed by atoms with Crippen LogP contribution in [-0.2, 0) is 19.1 Å². The summed E-state index contributed by atoms with van der Waals surface area (Å²) >= 11 is 0. The van der Waals surface area contributed by atoms with E-state index in [0.717, 1.165) is 12.8 Å². The first-order valence-corrected chi connectivity index (χ1v) is 7.08. The normalized spacial score (nSPS) is 25.3. The van der Waals surface area contributed by atoms with Crippen molar-refractivity contribution in [2.24, 2.45) is 11.3 Å². The van der Waals surface area contributed by atoms with Crippen LogP contribution in [0.3, 0.4) is 0 Å². The van der Waals surface area contributed by atoms with Crippen LogP contribution in [0.5, 0.6) is 0 Å². The van der Waals surface area contributed by atoms with Crippen molar-refractivity contribution in [2.75, 3.05) is 13.2 Å². The predicted molar refractivity (Wildman–Crippen MR) is 72.5 cm³/mol. The van der Waals surface area contributed by atoms with Gasteiger partial charge < -0.3 is 9.47 Å². The van der Waals surface area contributed by atoms with Gasteiger partial charge in [-0.25, -0.2) is 0 Å². The molecule has 0 aromatic rings. The first kappa shape index (κ1) is 15.7. The third kappa shape index (κ3) is 3.37. The van der Waals surface area contributed by atoms with E-state index in [4.69, 9.17) is 9.47 Å². The predicted octanol–water partition coefficient (Wildman–Crippen LogP) is 2.87. The fourth-order valence-electron chi connectivity index (χ4n) is 2.63. The Morgan fingerprint density at radius 3 is 2.68 bits per heavy atom. The van der Waals surface area contributed by atoms with Crippen molar-refractivity contribution in [3.63, 3.8) is 0 Å². The molecule has 1 saturated carbocycles. The van der Waals surface area contributed by atoms with Gasteiger partial charge in [-0.15, -0.1) is 0 Å². The second-order valence-corrected chi connectivity index (χ2v) is 4.89. The van der Waals surface area contributed by atoms with E-state index >= 15 is 0 Å². The van der Waals surface area contributed by atoms with Crippen LogP contribution >= 0.6 is 0 Å². The Morgan fingerprint density at radius 1 is 1.37 bits per heavy atom. The Bertz CT molecular complexity index is 348. The van der Waals surface area contributed by atoms with Crippen molar-refractivity contribution in [2.45, 2.75) is 46.5 Å². The van der Waals surface area contributed by atoms with Gasteiger partial charge in [-0.2, -0.15) is 0 Å². The zero-order valence-electron chi connectivity index (χ0n) is 12.1. The average molecular weight is 268 g/mol. The summed E-state index contributed by atoms with van der Waals surface area (Å²) < 4.78 is 10.3. The van der Waals surface area contributed by atoms with Crippen LogP contribution < -0.4 is 0 Å². The van der Waals surface area contributed by atoms with E-state index in [1.54, 1.807) is 19.3 Å². The minimum Gasteiger partial charge on any atom is -0.502 e. The molecule has 0 amide bonds. The number of hydrogen-bond acceptors (Lipinski definition) is 4. The SMILES string of the molecule is CCO/C=C\[C@H](C)[C@]1(C(=O)OCC)CCCCC1=O. The molecule has 0 spiro atoms. The van der Waals surface area contributed by atoms with Gasteiger partial charge in [0, 0.05) is 12.3 Å². The number of rotatable bonds is 6. The van der Waals surface area contributed by atoms with E-state index in [1.165, 1.54) is 0 Å². The van der Waals surface area contributed by atoms with Crippen molar-refractivity contribution < 1.29 is 19.1 Å². The summed E-state index contributed by atoms with van der Waals surface area (Å²) in [5.74, 6) is -0.579. The molecule has 19 heavy (non-hydrogen) atoms. The highest BCUT2D eigenvalue weighted by Gasteiger charge is 2.51. The molecule has 0 aromatic heterocycles. The maximum atomic E-state index is 12.3. The lowest BCUT2D eigenvalue weighted by Gasteiger charge is -2.36. The lowest BCUT2D eigenvalue weighted by atomic mass is 9.65. The Balaban J connectivity index is 2.97. The van der Waals surface area contributed by atoms with Gasteiger partial charge >= 0.3 is 5.97 Å². The molecule has 0 radical (unpaired) electrons. The van der Waals surface area contributed by atoms with Gasteiger partial charge in [-0.3, -0.25) is 9.59 Å². The molecule has 1 rings (SSSR count). The molecule has 0 aromatic carbocycles. The molecular formula is C15H24O4.